The first kappa shape index (κ1) is 17.6. The van der Waals surface area contributed by atoms with Crippen LogP contribution in [0, 0.1) is 5.82 Å². The van der Waals surface area contributed by atoms with Crippen LogP contribution in [0.2, 0.25) is 0 Å². The van der Waals surface area contributed by atoms with Crippen molar-refractivity contribution in [1.82, 2.24) is 0 Å². The fraction of sp³-hybridized carbons (Fsp3) is 0.357. The van der Waals surface area contributed by atoms with Gasteiger partial charge in [-0.05, 0) is 25.1 Å². The van der Waals surface area contributed by atoms with Crippen molar-refractivity contribution in [3.63, 3.8) is 0 Å². The molecule has 2 rings (SSSR count). The molecule has 7 nitrogen and oxygen atoms in total. The van der Waals surface area contributed by atoms with E-state index in [0.717, 1.165) is 0 Å². The molecule has 0 saturated carbocycles. The Morgan fingerprint density at radius 1 is 1.59 bits per heavy atom. The molecule has 1 aromatic rings. The molecule has 0 radical (unpaired) electrons. The van der Waals surface area contributed by atoms with Gasteiger partial charge in [0.05, 0.1) is 6.61 Å². The molecule has 0 aromatic heterocycles. The van der Waals surface area contributed by atoms with E-state index in [0.29, 0.717) is 17.1 Å². The maximum absolute atomic E-state index is 14.0. The van der Waals surface area contributed by atoms with Gasteiger partial charge < -0.3 is 20.9 Å². The molecule has 1 atom stereocenters. The highest BCUT2D eigenvalue weighted by atomic mass is 19.1. The van der Waals surface area contributed by atoms with Gasteiger partial charge in [-0.2, -0.15) is 0 Å². The summed E-state index contributed by atoms with van der Waals surface area (Å²) < 4.78 is 19.3. The summed E-state index contributed by atoms with van der Waals surface area (Å²) in [6, 6.07) is 4.36. The molecule has 0 bridgehead atoms. The summed E-state index contributed by atoms with van der Waals surface area (Å²) in [5.41, 5.74) is 5.64. The maximum Gasteiger partial charge on any atom is 0.290 e. The normalized spacial score (nSPS) is 20.2. The molecule has 1 aliphatic rings. The number of amides is 1. The smallest absolute Gasteiger partial charge is 0.290 e. The highest BCUT2D eigenvalue weighted by Crippen LogP contribution is 2.32. The third kappa shape index (κ3) is 4.52. The lowest BCUT2D eigenvalue weighted by Crippen LogP contribution is -2.38. The Balaban J connectivity index is 0.000000745. The molecule has 1 aromatic carbocycles. The van der Waals surface area contributed by atoms with Gasteiger partial charge in [0.2, 0.25) is 5.91 Å². The van der Waals surface area contributed by atoms with E-state index in [1.165, 1.54) is 19.1 Å². The van der Waals surface area contributed by atoms with Crippen molar-refractivity contribution < 1.29 is 23.8 Å². The molecule has 0 fully saturated rings. The number of halogens is 1. The number of hydrogen-bond donors (Lipinski definition) is 3. The monoisotopic (exact) mass is 311 g/mol. The van der Waals surface area contributed by atoms with Gasteiger partial charge >= 0.3 is 0 Å². The predicted octanol–water partition coefficient (Wildman–Crippen LogP) is 1.09. The summed E-state index contributed by atoms with van der Waals surface area (Å²) in [4.78, 5) is 23.7. The number of carbonyl (C=O) groups is 2. The Labute approximate surface area is 127 Å². The quantitative estimate of drug-likeness (QED) is 0.707. The summed E-state index contributed by atoms with van der Waals surface area (Å²) in [6.45, 7) is 3.39. The highest BCUT2D eigenvalue weighted by Gasteiger charge is 2.32. The van der Waals surface area contributed by atoms with Crippen LogP contribution in [0.3, 0.4) is 0 Å². The van der Waals surface area contributed by atoms with Crippen LogP contribution in [-0.2, 0) is 19.9 Å². The fourth-order valence-corrected chi connectivity index (χ4v) is 2.09. The van der Waals surface area contributed by atoms with Crippen LogP contribution >= 0.6 is 0 Å². The number of anilines is 1. The second kappa shape index (κ2) is 7.51. The van der Waals surface area contributed by atoms with Gasteiger partial charge in [0, 0.05) is 18.2 Å². The van der Waals surface area contributed by atoms with E-state index in [1.54, 1.807) is 13.0 Å². The lowest BCUT2D eigenvalue weighted by molar-refractivity contribution is -0.123. The summed E-state index contributed by atoms with van der Waals surface area (Å²) >= 11 is 0. The number of carboxylic acid groups (broad SMARTS) is 1. The number of nitrogens with one attached hydrogen (secondary N) is 1. The van der Waals surface area contributed by atoms with Gasteiger partial charge in [0.15, 0.2) is 0 Å². The van der Waals surface area contributed by atoms with E-state index >= 15 is 0 Å². The second-order valence-corrected chi connectivity index (χ2v) is 4.85. The van der Waals surface area contributed by atoms with Crippen LogP contribution < -0.4 is 11.1 Å². The number of hydrogen-bond acceptors (Lipinski definition) is 5. The largest absolute Gasteiger partial charge is 0.483 e. The molecule has 8 heteroatoms. The van der Waals surface area contributed by atoms with Crippen molar-refractivity contribution in [2.45, 2.75) is 19.4 Å². The first-order chi connectivity index (χ1) is 10.3. The number of ether oxygens (including phenoxy) is 1. The van der Waals surface area contributed by atoms with E-state index in [1.807, 2.05) is 0 Å². The Morgan fingerprint density at radius 3 is 2.77 bits per heavy atom. The third-order valence-electron chi connectivity index (χ3n) is 2.89. The molecule has 0 aliphatic carbocycles. The van der Waals surface area contributed by atoms with E-state index in [-0.39, 0.29) is 25.6 Å². The lowest BCUT2D eigenvalue weighted by Gasteiger charge is -2.30. The summed E-state index contributed by atoms with van der Waals surface area (Å²) in [5, 5.41) is 9.50. The Kier molecular flexibility index (Phi) is 6.00. The summed E-state index contributed by atoms with van der Waals surface area (Å²) in [6.07, 6.45) is 0. The predicted molar refractivity (Wildman–Crippen MR) is 79.2 cm³/mol. The number of rotatable bonds is 2. The zero-order chi connectivity index (χ0) is 16.8. The summed E-state index contributed by atoms with van der Waals surface area (Å²) in [5.74, 6) is -0.289. The lowest BCUT2D eigenvalue weighted by atomic mass is 9.92. The fourth-order valence-electron chi connectivity index (χ4n) is 2.09. The van der Waals surface area contributed by atoms with Gasteiger partial charge in [-0.15, -0.1) is 0 Å². The van der Waals surface area contributed by atoms with Crippen molar-refractivity contribution in [3.05, 3.63) is 29.6 Å². The molecule has 4 N–H and O–H groups in total. The van der Waals surface area contributed by atoms with Crippen LogP contribution in [0.1, 0.15) is 19.4 Å². The van der Waals surface area contributed by atoms with E-state index in [9.17, 15) is 9.18 Å². The van der Waals surface area contributed by atoms with E-state index in [4.69, 9.17) is 20.4 Å². The summed E-state index contributed by atoms with van der Waals surface area (Å²) in [7, 11) is 0. The van der Waals surface area contributed by atoms with Crippen molar-refractivity contribution in [1.29, 1.82) is 0 Å². The Bertz CT molecular complexity index is 591. The van der Waals surface area contributed by atoms with E-state index < -0.39 is 11.4 Å². The van der Waals surface area contributed by atoms with Crippen molar-refractivity contribution in [3.8, 4) is 0 Å². The van der Waals surface area contributed by atoms with Crippen LogP contribution in [0.25, 0.3) is 0 Å². The SMILES string of the molecule is CC(=O)Nc1ccc(F)c(C2(C)COCC(N)=N2)c1.O=CO. The van der Waals surface area contributed by atoms with Crippen LogP contribution in [-0.4, -0.2) is 36.5 Å². The maximum atomic E-state index is 14.0. The number of nitrogens with two attached hydrogens (primary N) is 1. The van der Waals surface area contributed by atoms with Gasteiger partial charge in [0.1, 0.15) is 23.8 Å². The van der Waals surface area contributed by atoms with Gasteiger partial charge in [-0.1, -0.05) is 0 Å². The molecule has 22 heavy (non-hydrogen) atoms. The molecule has 0 spiro atoms. The average Bonchev–Trinajstić information content (AvgIpc) is 2.41. The van der Waals surface area contributed by atoms with Crippen LogP contribution in [0.15, 0.2) is 23.2 Å². The minimum atomic E-state index is -0.874. The molecular weight excluding hydrogens is 293 g/mol. The van der Waals surface area contributed by atoms with Gasteiger partial charge in [-0.25, -0.2) is 4.39 Å². The first-order valence-corrected chi connectivity index (χ1v) is 6.40. The molecule has 1 unspecified atom stereocenters. The molecule has 1 amide bonds. The standard InChI is InChI=1S/C13H16FN3O2.CH2O2/c1-8(18)16-9-3-4-11(14)10(5-9)13(2)7-19-6-12(15)17-13;2-1-3/h3-5H,6-7H2,1-2H3,(H2,15,17)(H,16,18);1H,(H,2,3). The molecule has 1 aliphatic heterocycles. The molecule has 120 valence electrons. The van der Waals surface area contributed by atoms with E-state index in [2.05, 4.69) is 10.3 Å². The van der Waals surface area contributed by atoms with Crippen molar-refractivity contribution >= 4 is 23.9 Å². The van der Waals surface area contributed by atoms with Crippen LogP contribution in [0.4, 0.5) is 10.1 Å². The van der Waals surface area contributed by atoms with Crippen LogP contribution in [0.5, 0.6) is 0 Å². The zero-order valence-electron chi connectivity index (χ0n) is 12.3. The van der Waals surface area contributed by atoms with Gasteiger partial charge in [-0.3, -0.25) is 14.6 Å². The second-order valence-electron chi connectivity index (χ2n) is 4.85. The van der Waals surface area contributed by atoms with Gasteiger partial charge in [0.25, 0.3) is 6.47 Å². The highest BCUT2D eigenvalue weighted by molar-refractivity contribution is 5.88. The number of benzene rings is 1. The first-order valence-electron chi connectivity index (χ1n) is 6.40. The number of amidine groups is 1. The number of carbonyl (C=O) groups excluding carboxylic acids is 1. The average molecular weight is 311 g/mol. The number of nitrogens with zero attached hydrogens (tertiary/aromatic N) is 1. The topological polar surface area (TPSA) is 114 Å². The van der Waals surface area contributed by atoms with Crippen molar-refractivity contribution in [2.75, 3.05) is 18.5 Å². The number of aliphatic imine (C=N–C) groups is 1. The molecule has 1 heterocycles. The minimum absolute atomic E-state index is 0.217. The Morgan fingerprint density at radius 2 is 2.23 bits per heavy atom. The molecule has 0 saturated heterocycles. The molecular formula is C14H18FN3O4. The third-order valence-corrected chi connectivity index (χ3v) is 2.89. The minimum Gasteiger partial charge on any atom is -0.483 e. The van der Waals surface area contributed by atoms with Crippen molar-refractivity contribution in [2.24, 2.45) is 10.7 Å². The zero-order valence-corrected chi connectivity index (χ0v) is 12.3. The Hall–Kier alpha value is -2.48.